The molecule has 0 aliphatic rings. The molecule has 6 heteroatoms. The van der Waals surface area contributed by atoms with Crippen molar-refractivity contribution >= 4 is 39.7 Å². The molecule has 0 saturated carbocycles. The molecular formula is C8H8BrClFN3. The predicted molar refractivity (Wildman–Crippen MR) is 58.7 cm³/mol. The van der Waals surface area contributed by atoms with Gasteiger partial charge in [-0.3, -0.25) is 0 Å². The van der Waals surface area contributed by atoms with Crippen molar-refractivity contribution in [2.45, 2.75) is 0 Å². The highest BCUT2D eigenvalue weighted by Crippen LogP contribution is 2.26. The number of nitrogens with zero attached hydrogens (tertiary/aromatic N) is 3. The van der Waals surface area contributed by atoms with E-state index in [-0.39, 0.29) is 5.15 Å². The maximum Gasteiger partial charge on any atom is 0.169 e. The van der Waals surface area contributed by atoms with Gasteiger partial charge in [-0.05, 0) is 22.0 Å². The van der Waals surface area contributed by atoms with E-state index in [1.807, 2.05) is 14.1 Å². The summed E-state index contributed by atoms with van der Waals surface area (Å²) >= 11 is 8.64. The van der Waals surface area contributed by atoms with Gasteiger partial charge >= 0.3 is 0 Å². The summed E-state index contributed by atoms with van der Waals surface area (Å²) in [6.45, 7) is 0. The zero-order valence-electron chi connectivity index (χ0n) is 7.63. The zero-order chi connectivity index (χ0) is 10.7. The number of hydrogen-bond acceptors (Lipinski definition) is 2. The molecule has 3 nitrogen and oxygen atoms in total. The molecule has 14 heavy (non-hydrogen) atoms. The minimum Gasteiger partial charge on any atom is -0.369 e. The monoisotopic (exact) mass is 279 g/mol. The molecule has 0 saturated heterocycles. The average Bonchev–Trinajstić information content (AvgIpc) is 2.09. The van der Waals surface area contributed by atoms with Crippen molar-refractivity contribution in [1.82, 2.24) is 9.88 Å². The molecule has 0 aliphatic carbocycles. The molecule has 0 amide bonds. The lowest BCUT2D eigenvalue weighted by molar-refractivity contribution is 0.620. The molecule has 0 N–H and O–H groups in total. The first kappa shape index (κ1) is 11.4. The van der Waals surface area contributed by atoms with E-state index < -0.39 is 5.82 Å². The summed E-state index contributed by atoms with van der Waals surface area (Å²) in [6, 6.07) is 1.23. The Labute approximate surface area is 94.7 Å². The van der Waals surface area contributed by atoms with E-state index in [0.29, 0.717) is 10.3 Å². The molecule has 0 bridgehead atoms. The van der Waals surface area contributed by atoms with Crippen LogP contribution in [0.5, 0.6) is 0 Å². The Morgan fingerprint density at radius 1 is 1.64 bits per heavy atom. The van der Waals surface area contributed by atoms with Gasteiger partial charge in [-0.15, -0.1) is 0 Å². The highest BCUT2D eigenvalue weighted by Gasteiger charge is 2.06. The average molecular weight is 281 g/mol. The molecular weight excluding hydrogens is 272 g/mol. The Morgan fingerprint density at radius 2 is 2.29 bits per heavy atom. The van der Waals surface area contributed by atoms with Crippen LogP contribution in [0.3, 0.4) is 0 Å². The van der Waals surface area contributed by atoms with E-state index >= 15 is 0 Å². The molecule has 1 aromatic heterocycles. The lowest BCUT2D eigenvalue weighted by Crippen LogP contribution is -2.07. The molecule has 0 radical (unpaired) electrons. The Bertz CT molecular complexity index is 368. The van der Waals surface area contributed by atoms with Crippen LogP contribution in [0.25, 0.3) is 0 Å². The molecule has 0 unspecified atom stereocenters. The van der Waals surface area contributed by atoms with Crippen LogP contribution in [0.15, 0.2) is 15.5 Å². The number of aromatic nitrogens is 1. The highest BCUT2D eigenvalue weighted by molar-refractivity contribution is 9.10. The van der Waals surface area contributed by atoms with E-state index in [0.717, 1.165) is 0 Å². The number of aliphatic imine (C=N–C) groups is 1. The first-order valence-electron chi connectivity index (χ1n) is 3.73. The minimum atomic E-state index is -0.567. The summed E-state index contributed by atoms with van der Waals surface area (Å²) in [5, 5.41) is -0.181. The second kappa shape index (κ2) is 4.70. The first-order chi connectivity index (χ1) is 6.50. The van der Waals surface area contributed by atoms with Crippen molar-refractivity contribution < 1.29 is 4.39 Å². The third kappa shape index (κ3) is 2.92. The normalized spacial score (nSPS) is 10.9. The Morgan fingerprint density at radius 3 is 2.86 bits per heavy atom. The molecule has 1 aromatic rings. The van der Waals surface area contributed by atoms with Gasteiger partial charge in [-0.2, -0.15) is 0 Å². The van der Waals surface area contributed by atoms with Crippen LogP contribution in [0.4, 0.5) is 10.2 Å². The number of rotatable bonds is 2. The Kier molecular flexibility index (Phi) is 3.83. The van der Waals surface area contributed by atoms with Crippen LogP contribution in [0.2, 0.25) is 5.15 Å². The van der Waals surface area contributed by atoms with Crippen LogP contribution >= 0.6 is 27.5 Å². The molecule has 1 heterocycles. The van der Waals surface area contributed by atoms with Gasteiger partial charge in [0.1, 0.15) is 0 Å². The fourth-order valence-electron chi connectivity index (χ4n) is 0.696. The van der Waals surface area contributed by atoms with Gasteiger partial charge in [0.05, 0.1) is 10.8 Å². The van der Waals surface area contributed by atoms with Gasteiger partial charge in [-0.25, -0.2) is 14.4 Å². The SMILES string of the molecule is CN(C)C=Nc1nc(Cl)c(F)cc1Br. The molecule has 0 spiro atoms. The van der Waals surface area contributed by atoms with Gasteiger partial charge in [0, 0.05) is 14.1 Å². The number of pyridine rings is 1. The second-order valence-corrected chi connectivity index (χ2v) is 3.99. The van der Waals surface area contributed by atoms with Gasteiger partial charge in [0.25, 0.3) is 0 Å². The topological polar surface area (TPSA) is 28.5 Å². The van der Waals surface area contributed by atoms with Crippen molar-refractivity contribution in [2.24, 2.45) is 4.99 Å². The molecule has 0 atom stereocenters. The van der Waals surface area contributed by atoms with E-state index in [1.165, 1.54) is 6.07 Å². The van der Waals surface area contributed by atoms with E-state index in [1.54, 1.807) is 11.2 Å². The maximum absolute atomic E-state index is 12.9. The summed E-state index contributed by atoms with van der Waals surface area (Å²) in [6.07, 6.45) is 1.56. The summed E-state index contributed by atoms with van der Waals surface area (Å²) in [5.41, 5.74) is 0. The van der Waals surface area contributed by atoms with Gasteiger partial charge in [0.2, 0.25) is 0 Å². The van der Waals surface area contributed by atoms with Crippen LogP contribution in [0.1, 0.15) is 0 Å². The summed E-state index contributed by atoms with van der Waals surface area (Å²) in [7, 11) is 3.64. The van der Waals surface area contributed by atoms with Crippen molar-refractivity contribution in [3.05, 3.63) is 21.5 Å². The van der Waals surface area contributed by atoms with Gasteiger partial charge < -0.3 is 4.90 Å². The van der Waals surface area contributed by atoms with Crippen molar-refractivity contribution in [3.63, 3.8) is 0 Å². The molecule has 1 rings (SSSR count). The lowest BCUT2D eigenvalue weighted by atomic mass is 10.4. The third-order valence-electron chi connectivity index (χ3n) is 1.28. The van der Waals surface area contributed by atoms with Crippen LogP contribution in [0, 0.1) is 5.82 Å². The quantitative estimate of drug-likeness (QED) is 0.473. The fourth-order valence-corrected chi connectivity index (χ4v) is 1.22. The minimum absolute atomic E-state index is 0.181. The smallest absolute Gasteiger partial charge is 0.169 e. The summed E-state index contributed by atoms with van der Waals surface area (Å²) in [5.74, 6) is -0.215. The molecule has 0 aliphatic heterocycles. The van der Waals surface area contributed by atoms with Crippen LogP contribution in [-0.2, 0) is 0 Å². The molecule has 76 valence electrons. The molecule has 0 aromatic carbocycles. The van der Waals surface area contributed by atoms with Gasteiger partial charge in [0.15, 0.2) is 16.8 Å². The second-order valence-electron chi connectivity index (χ2n) is 2.77. The van der Waals surface area contributed by atoms with E-state index in [4.69, 9.17) is 11.6 Å². The van der Waals surface area contributed by atoms with Crippen molar-refractivity contribution in [1.29, 1.82) is 0 Å². The van der Waals surface area contributed by atoms with Crippen LogP contribution < -0.4 is 0 Å². The van der Waals surface area contributed by atoms with Crippen molar-refractivity contribution in [2.75, 3.05) is 14.1 Å². The Balaban J connectivity index is 3.04. The Hall–Kier alpha value is -0.680. The fraction of sp³-hybridized carbons (Fsp3) is 0.250. The van der Waals surface area contributed by atoms with Gasteiger partial charge in [-0.1, -0.05) is 11.6 Å². The standard InChI is InChI=1S/C8H8BrClFN3/c1-14(2)4-12-8-5(9)3-6(11)7(10)13-8/h3-4H,1-2H3. The largest absolute Gasteiger partial charge is 0.369 e. The van der Waals surface area contributed by atoms with Crippen LogP contribution in [-0.4, -0.2) is 30.3 Å². The summed E-state index contributed by atoms with van der Waals surface area (Å²) in [4.78, 5) is 9.50. The third-order valence-corrected chi connectivity index (χ3v) is 2.13. The number of hydrogen-bond donors (Lipinski definition) is 0. The predicted octanol–water partition coefficient (Wildman–Crippen LogP) is 2.86. The maximum atomic E-state index is 12.9. The lowest BCUT2D eigenvalue weighted by Gasteiger charge is -2.03. The van der Waals surface area contributed by atoms with Crippen molar-refractivity contribution in [3.8, 4) is 0 Å². The summed E-state index contributed by atoms with van der Waals surface area (Å²) < 4.78 is 13.3. The molecule has 0 fully saturated rings. The number of halogens is 3. The zero-order valence-corrected chi connectivity index (χ0v) is 9.97. The van der Waals surface area contributed by atoms with E-state index in [9.17, 15) is 4.39 Å². The first-order valence-corrected chi connectivity index (χ1v) is 4.90. The highest BCUT2D eigenvalue weighted by atomic mass is 79.9. The van der Waals surface area contributed by atoms with E-state index in [2.05, 4.69) is 25.9 Å².